The van der Waals surface area contributed by atoms with E-state index in [1.165, 1.54) is 16.7 Å². The van der Waals surface area contributed by atoms with Crippen LogP contribution >= 0.6 is 11.8 Å². The van der Waals surface area contributed by atoms with Crippen molar-refractivity contribution in [3.05, 3.63) is 107 Å². The van der Waals surface area contributed by atoms with Gasteiger partial charge in [-0.2, -0.15) is 5.26 Å². The highest BCUT2D eigenvalue weighted by molar-refractivity contribution is 8.05. The molecule has 3 aromatic carbocycles. The molecule has 0 aliphatic carbocycles. The third-order valence-corrected chi connectivity index (χ3v) is 6.36. The van der Waals surface area contributed by atoms with Crippen LogP contribution in [0.1, 0.15) is 11.1 Å². The third kappa shape index (κ3) is 4.58. The fourth-order valence-electron chi connectivity index (χ4n) is 3.46. The van der Waals surface area contributed by atoms with Crippen LogP contribution in [0, 0.1) is 18.3 Å². The number of carbonyl (C=O) groups excluding carboxylic acids is 2. The Balaban J connectivity index is 1.70. The monoisotopic (exact) mass is 439 g/mol. The molecule has 1 heterocycles. The summed E-state index contributed by atoms with van der Waals surface area (Å²) in [5.41, 5.74) is 3.23. The van der Waals surface area contributed by atoms with Crippen molar-refractivity contribution in [2.24, 2.45) is 0 Å². The van der Waals surface area contributed by atoms with Gasteiger partial charge in [0.1, 0.15) is 16.7 Å². The van der Waals surface area contributed by atoms with E-state index in [0.717, 1.165) is 11.1 Å². The molecule has 1 N–H and O–H groups in total. The van der Waals surface area contributed by atoms with Gasteiger partial charge in [-0.15, -0.1) is 0 Å². The Labute approximate surface area is 191 Å². The summed E-state index contributed by atoms with van der Waals surface area (Å²) in [4.78, 5) is 27.9. The van der Waals surface area contributed by atoms with Crippen LogP contribution in [-0.2, 0) is 16.0 Å². The minimum absolute atomic E-state index is 0.0802. The predicted molar refractivity (Wildman–Crippen MR) is 128 cm³/mol. The molecule has 158 valence electrons. The number of rotatable bonds is 5. The topological polar surface area (TPSA) is 73.2 Å². The van der Waals surface area contributed by atoms with Crippen LogP contribution in [0.4, 0.5) is 11.4 Å². The maximum atomic E-state index is 13.4. The molecule has 1 atom stereocenters. The first kappa shape index (κ1) is 21.4. The van der Waals surface area contributed by atoms with Gasteiger partial charge in [-0.05, 0) is 43.2 Å². The normalized spacial score (nSPS) is 17.1. The van der Waals surface area contributed by atoms with Gasteiger partial charge in [-0.3, -0.25) is 14.5 Å². The summed E-state index contributed by atoms with van der Waals surface area (Å²) in [5, 5.41) is 12.6. The zero-order chi connectivity index (χ0) is 22.5. The summed E-state index contributed by atoms with van der Waals surface area (Å²) < 4.78 is 0. The van der Waals surface area contributed by atoms with E-state index in [2.05, 4.69) is 5.32 Å². The number of hydrogen-bond acceptors (Lipinski definition) is 4. The Morgan fingerprint density at radius 3 is 2.25 bits per heavy atom. The fraction of sp³-hybridized carbons (Fsp3) is 0.115. The van der Waals surface area contributed by atoms with Gasteiger partial charge in [0.2, 0.25) is 5.91 Å². The number of nitrogens with zero attached hydrogens (tertiary/aromatic N) is 2. The number of carbonyl (C=O) groups is 2. The van der Waals surface area contributed by atoms with Gasteiger partial charge in [0.25, 0.3) is 5.91 Å². The van der Waals surface area contributed by atoms with Gasteiger partial charge >= 0.3 is 0 Å². The number of nitrogens with one attached hydrogen (secondary N) is 1. The summed E-state index contributed by atoms with van der Waals surface area (Å²) in [6.45, 7) is 1.96. The lowest BCUT2D eigenvalue weighted by Gasteiger charge is -2.18. The molecule has 4 rings (SSSR count). The maximum Gasteiger partial charge on any atom is 0.269 e. The summed E-state index contributed by atoms with van der Waals surface area (Å²) in [6.07, 6.45) is 0.509. The largest absolute Gasteiger partial charge is 0.321 e. The molecule has 0 unspecified atom stereocenters. The first-order chi connectivity index (χ1) is 15.6. The molecule has 1 fully saturated rings. The lowest BCUT2D eigenvalue weighted by Crippen LogP contribution is -2.30. The van der Waals surface area contributed by atoms with Crippen LogP contribution in [0.15, 0.2) is 95.5 Å². The molecule has 2 amide bonds. The minimum Gasteiger partial charge on any atom is -0.321 e. The molecular formula is C26H21N3O2S. The molecule has 1 aliphatic heterocycles. The van der Waals surface area contributed by atoms with Crippen LogP contribution in [0.3, 0.4) is 0 Å². The summed E-state index contributed by atoms with van der Waals surface area (Å²) >= 11 is 1.26. The van der Waals surface area contributed by atoms with Crippen LogP contribution < -0.4 is 10.2 Å². The molecule has 1 aliphatic rings. The van der Waals surface area contributed by atoms with E-state index in [4.69, 9.17) is 0 Å². The number of hydrogen-bond donors (Lipinski definition) is 1. The quantitative estimate of drug-likeness (QED) is 0.445. The lowest BCUT2D eigenvalue weighted by atomic mass is 10.1. The zero-order valence-electron chi connectivity index (χ0n) is 17.5. The number of amides is 2. The Morgan fingerprint density at radius 2 is 1.62 bits per heavy atom. The minimum atomic E-state index is -0.534. The SMILES string of the molecule is Cc1ccc(NC(=O)/C(C#N)=C2\S[C@H](Cc3ccccc3)C(=O)N2c2ccccc2)cc1. The molecule has 0 spiro atoms. The van der Waals surface area contributed by atoms with Crippen molar-refractivity contribution < 1.29 is 9.59 Å². The number of para-hydroxylation sites is 1. The summed E-state index contributed by atoms with van der Waals surface area (Å²) in [7, 11) is 0. The van der Waals surface area contributed by atoms with Gasteiger partial charge in [0, 0.05) is 11.4 Å². The molecule has 6 heteroatoms. The van der Waals surface area contributed by atoms with E-state index in [1.54, 1.807) is 24.3 Å². The first-order valence-electron chi connectivity index (χ1n) is 10.2. The molecule has 0 radical (unpaired) electrons. The molecule has 0 saturated carbocycles. The number of thioether (sulfide) groups is 1. The third-order valence-electron chi connectivity index (χ3n) is 5.09. The van der Waals surface area contributed by atoms with E-state index in [9.17, 15) is 14.9 Å². The molecule has 3 aromatic rings. The van der Waals surface area contributed by atoms with Gasteiger partial charge in [-0.1, -0.05) is 78.0 Å². The van der Waals surface area contributed by atoms with Crippen molar-refractivity contribution >= 4 is 35.0 Å². The van der Waals surface area contributed by atoms with Gasteiger partial charge < -0.3 is 5.32 Å². The predicted octanol–water partition coefficient (Wildman–Crippen LogP) is 5.06. The highest BCUT2D eigenvalue weighted by Crippen LogP contribution is 2.42. The lowest BCUT2D eigenvalue weighted by molar-refractivity contribution is -0.117. The van der Waals surface area contributed by atoms with Crippen LogP contribution in [-0.4, -0.2) is 17.1 Å². The molecule has 5 nitrogen and oxygen atoms in total. The Kier molecular flexibility index (Phi) is 6.39. The van der Waals surface area contributed by atoms with E-state index in [-0.39, 0.29) is 11.5 Å². The number of aryl methyl sites for hydroxylation is 1. The molecule has 0 bridgehead atoms. The molecule has 0 aromatic heterocycles. The standard InChI is InChI=1S/C26H21N3O2S/c1-18-12-14-20(15-13-18)28-24(30)22(17-27)26-29(21-10-6-3-7-11-21)25(31)23(32-26)16-19-8-4-2-5-9-19/h2-15,23H,16H2,1H3,(H,28,30)/b26-22-/t23-/m1/s1. The Morgan fingerprint density at radius 1 is 1.00 bits per heavy atom. The van der Waals surface area contributed by atoms with E-state index < -0.39 is 11.2 Å². The van der Waals surface area contributed by atoms with Gasteiger partial charge in [0.15, 0.2) is 0 Å². The fourth-order valence-corrected chi connectivity index (χ4v) is 4.77. The second kappa shape index (κ2) is 9.54. The zero-order valence-corrected chi connectivity index (χ0v) is 18.3. The van der Waals surface area contributed by atoms with Crippen LogP contribution in [0.5, 0.6) is 0 Å². The van der Waals surface area contributed by atoms with Crippen molar-refractivity contribution in [3.63, 3.8) is 0 Å². The average molecular weight is 440 g/mol. The van der Waals surface area contributed by atoms with Crippen molar-refractivity contribution in [1.29, 1.82) is 5.26 Å². The molecule has 1 saturated heterocycles. The number of benzene rings is 3. The van der Waals surface area contributed by atoms with Crippen molar-refractivity contribution in [1.82, 2.24) is 0 Å². The maximum absolute atomic E-state index is 13.4. The van der Waals surface area contributed by atoms with Crippen LogP contribution in [0.25, 0.3) is 0 Å². The molecular weight excluding hydrogens is 418 g/mol. The Hall–Kier alpha value is -3.82. The van der Waals surface area contributed by atoms with Crippen molar-refractivity contribution in [3.8, 4) is 6.07 Å². The molecule has 32 heavy (non-hydrogen) atoms. The summed E-state index contributed by atoms with van der Waals surface area (Å²) in [5.74, 6) is -0.677. The van der Waals surface area contributed by atoms with E-state index in [1.807, 2.05) is 73.7 Å². The van der Waals surface area contributed by atoms with Gasteiger partial charge in [-0.25, -0.2) is 0 Å². The second-order valence-corrected chi connectivity index (χ2v) is 8.61. The number of nitriles is 1. The Bertz CT molecular complexity index is 1200. The first-order valence-corrected chi connectivity index (χ1v) is 11.1. The van der Waals surface area contributed by atoms with E-state index in [0.29, 0.717) is 22.8 Å². The number of anilines is 2. The van der Waals surface area contributed by atoms with Gasteiger partial charge in [0.05, 0.1) is 5.25 Å². The summed E-state index contributed by atoms with van der Waals surface area (Å²) in [6, 6.07) is 28.2. The average Bonchev–Trinajstić information content (AvgIpc) is 3.12. The van der Waals surface area contributed by atoms with E-state index >= 15 is 0 Å². The highest BCUT2D eigenvalue weighted by Gasteiger charge is 2.40. The highest BCUT2D eigenvalue weighted by atomic mass is 32.2. The van der Waals surface area contributed by atoms with Crippen molar-refractivity contribution in [2.45, 2.75) is 18.6 Å². The second-order valence-electron chi connectivity index (χ2n) is 7.42. The van der Waals surface area contributed by atoms with Crippen molar-refractivity contribution in [2.75, 3.05) is 10.2 Å². The van der Waals surface area contributed by atoms with Crippen LogP contribution in [0.2, 0.25) is 0 Å². The smallest absolute Gasteiger partial charge is 0.269 e.